The van der Waals surface area contributed by atoms with Crippen molar-refractivity contribution in [1.29, 1.82) is 0 Å². The van der Waals surface area contributed by atoms with Gasteiger partial charge in [-0.2, -0.15) is 0 Å². The molecule has 0 saturated heterocycles. The normalized spacial score (nSPS) is 13.6. The fraction of sp³-hybridized carbons (Fsp3) is 0.529. The minimum Gasteiger partial charge on any atom is -0.481 e. The Morgan fingerprint density at radius 1 is 1.33 bits per heavy atom. The summed E-state index contributed by atoms with van der Waals surface area (Å²) < 4.78 is 19.0. The second-order valence-corrected chi connectivity index (χ2v) is 6.44. The highest BCUT2D eigenvalue weighted by atomic mass is 35.5. The third-order valence-electron chi connectivity index (χ3n) is 3.47. The summed E-state index contributed by atoms with van der Waals surface area (Å²) >= 11 is 5.63. The molecular formula is C17H23ClFNO4. The summed E-state index contributed by atoms with van der Waals surface area (Å²) in [4.78, 5) is 23.2. The van der Waals surface area contributed by atoms with Crippen LogP contribution in [0.4, 0.5) is 4.39 Å². The van der Waals surface area contributed by atoms with Crippen LogP contribution in [0.2, 0.25) is 5.02 Å². The van der Waals surface area contributed by atoms with Gasteiger partial charge in [-0.1, -0.05) is 31.5 Å². The fourth-order valence-corrected chi connectivity index (χ4v) is 2.12. The number of halogens is 2. The quantitative estimate of drug-likeness (QED) is 0.706. The maximum Gasteiger partial charge on any atom is 0.305 e. The molecule has 0 spiro atoms. The number of carbonyl (C=O) groups excluding carboxylic acids is 1. The summed E-state index contributed by atoms with van der Waals surface area (Å²) in [7, 11) is 0. The molecular weight excluding hydrogens is 337 g/mol. The summed E-state index contributed by atoms with van der Waals surface area (Å²) in [5.41, 5.74) is 0.335. The van der Waals surface area contributed by atoms with Gasteiger partial charge in [0.2, 0.25) is 5.91 Å². The van der Waals surface area contributed by atoms with Crippen LogP contribution < -0.4 is 5.32 Å². The number of carboxylic acid groups (broad SMARTS) is 1. The molecule has 0 aliphatic carbocycles. The highest BCUT2D eigenvalue weighted by Gasteiger charge is 2.22. The van der Waals surface area contributed by atoms with Gasteiger partial charge in [0.15, 0.2) is 0 Å². The van der Waals surface area contributed by atoms with Gasteiger partial charge >= 0.3 is 5.97 Å². The molecule has 7 heteroatoms. The summed E-state index contributed by atoms with van der Waals surface area (Å²) in [6.07, 6.45) is -0.276. The first-order valence-electron chi connectivity index (χ1n) is 7.79. The van der Waals surface area contributed by atoms with Crippen LogP contribution in [-0.4, -0.2) is 29.7 Å². The summed E-state index contributed by atoms with van der Waals surface area (Å²) in [5.74, 6) is -1.76. The molecule has 0 radical (unpaired) electrons. The van der Waals surface area contributed by atoms with E-state index in [-0.39, 0.29) is 11.4 Å². The topological polar surface area (TPSA) is 75.6 Å². The van der Waals surface area contributed by atoms with E-state index in [2.05, 4.69) is 5.32 Å². The molecule has 5 nitrogen and oxygen atoms in total. The molecule has 24 heavy (non-hydrogen) atoms. The zero-order valence-corrected chi connectivity index (χ0v) is 14.8. The lowest BCUT2D eigenvalue weighted by molar-refractivity contribution is -0.138. The first-order chi connectivity index (χ1) is 11.2. The van der Waals surface area contributed by atoms with Crippen LogP contribution in [0.3, 0.4) is 0 Å². The van der Waals surface area contributed by atoms with Gasteiger partial charge in [-0.25, -0.2) is 4.39 Å². The van der Waals surface area contributed by atoms with Gasteiger partial charge in [0.1, 0.15) is 11.9 Å². The Morgan fingerprint density at radius 2 is 2.00 bits per heavy atom. The average Bonchev–Trinajstić information content (AvgIpc) is 2.48. The fourth-order valence-electron chi connectivity index (χ4n) is 2.00. The number of carboxylic acids is 1. The van der Waals surface area contributed by atoms with Crippen molar-refractivity contribution in [2.45, 2.75) is 45.8 Å². The van der Waals surface area contributed by atoms with E-state index in [1.165, 1.54) is 12.1 Å². The molecule has 1 aromatic rings. The van der Waals surface area contributed by atoms with Crippen molar-refractivity contribution in [3.05, 3.63) is 34.6 Å². The number of hydrogen-bond donors (Lipinski definition) is 2. The second kappa shape index (κ2) is 9.59. The Kier molecular flexibility index (Phi) is 8.15. The van der Waals surface area contributed by atoms with Gasteiger partial charge < -0.3 is 15.2 Å². The predicted molar refractivity (Wildman–Crippen MR) is 89.4 cm³/mol. The predicted octanol–water partition coefficient (Wildman–Crippen LogP) is 3.56. The number of hydrogen-bond acceptors (Lipinski definition) is 3. The van der Waals surface area contributed by atoms with Crippen LogP contribution >= 0.6 is 11.6 Å². The zero-order chi connectivity index (χ0) is 18.3. The van der Waals surface area contributed by atoms with Crippen molar-refractivity contribution >= 4 is 23.5 Å². The Bertz CT molecular complexity index is 580. The smallest absolute Gasteiger partial charge is 0.305 e. The number of amides is 1. The third kappa shape index (κ3) is 6.84. The van der Waals surface area contributed by atoms with Crippen molar-refractivity contribution in [2.24, 2.45) is 5.92 Å². The number of carbonyl (C=O) groups is 2. The first-order valence-corrected chi connectivity index (χ1v) is 8.17. The van der Waals surface area contributed by atoms with Gasteiger partial charge in [0, 0.05) is 6.61 Å². The number of ether oxygens (including phenoxy) is 1. The Balaban J connectivity index is 2.76. The number of nitrogens with one attached hydrogen (secondary N) is 1. The molecule has 1 aromatic carbocycles. The first kappa shape index (κ1) is 20.4. The number of rotatable bonds is 9. The lowest BCUT2D eigenvalue weighted by Crippen LogP contribution is -2.38. The standard InChI is InChI=1S/C17H23ClFNO4/c1-10(2)6-7-24-11(3)17(23)20-15(9-16(21)22)12-4-5-13(18)14(19)8-12/h4-5,8,10-11,15H,6-7,9H2,1-3H3,(H,20,23)(H,21,22). The van der Waals surface area contributed by atoms with Gasteiger partial charge in [-0.05, 0) is 37.0 Å². The van der Waals surface area contributed by atoms with Crippen molar-refractivity contribution in [3.8, 4) is 0 Å². The van der Waals surface area contributed by atoms with E-state index in [1.807, 2.05) is 13.8 Å². The molecule has 0 aliphatic heterocycles. The SMILES string of the molecule is CC(C)CCOC(C)C(=O)NC(CC(=O)O)c1ccc(Cl)c(F)c1. The number of benzene rings is 1. The van der Waals surface area contributed by atoms with E-state index in [0.29, 0.717) is 18.1 Å². The van der Waals surface area contributed by atoms with Crippen LogP contribution in [-0.2, 0) is 14.3 Å². The van der Waals surface area contributed by atoms with E-state index in [0.717, 1.165) is 12.5 Å². The van der Waals surface area contributed by atoms with Crippen LogP contribution in [0, 0.1) is 11.7 Å². The monoisotopic (exact) mass is 359 g/mol. The van der Waals surface area contributed by atoms with Crippen molar-refractivity contribution in [1.82, 2.24) is 5.32 Å². The molecule has 2 unspecified atom stereocenters. The van der Waals surface area contributed by atoms with Gasteiger partial charge in [0.25, 0.3) is 0 Å². The summed E-state index contributed by atoms with van der Waals surface area (Å²) in [6.45, 7) is 6.12. The molecule has 1 rings (SSSR count). The van der Waals surface area contributed by atoms with Crippen molar-refractivity contribution in [3.63, 3.8) is 0 Å². The van der Waals surface area contributed by atoms with Gasteiger partial charge in [-0.3, -0.25) is 9.59 Å². The third-order valence-corrected chi connectivity index (χ3v) is 3.78. The largest absolute Gasteiger partial charge is 0.481 e. The molecule has 0 heterocycles. The van der Waals surface area contributed by atoms with Crippen LogP contribution in [0.1, 0.15) is 45.2 Å². The van der Waals surface area contributed by atoms with E-state index in [1.54, 1.807) is 6.92 Å². The maximum absolute atomic E-state index is 13.6. The highest BCUT2D eigenvalue weighted by Crippen LogP contribution is 2.22. The lowest BCUT2D eigenvalue weighted by atomic mass is 10.0. The minimum absolute atomic E-state index is 0.0652. The van der Waals surface area contributed by atoms with E-state index in [9.17, 15) is 14.0 Å². The molecule has 2 atom stereocenters. The molecule has 0 aliphatic rings. The molecule has 1 amide bonds. The number of aliphatic carboxylic acids is 1. The molecule has 134 valence electrons. The average molecular weight is 360 g/mol. The zero-order valence-electron chi connectivity index (χ0n) is 14.0. The molecule has 2 N–H and O–H groups in total. The van der Waals surface area contributed by atoms with Crippen molar-refractivity contribution in [2.75, 3.05) is 6.61 Å². The highest BCUT2D eigenvalue weighted by molar-refractivity contribution is 6.30. The second-order valence-electron chi connectivity index (χ2n) is 6.03. The maximum atomic E-state index is 13.6. The Labute approximate surface area is 146 Å². The Morgan fingerprint density at radius 3 is 2.54 bits per heavy atom. The molecule has 0 saturated carbocycles. The van der Waals surface area contributed by atoms with E-state index >= 15 is 0 Å². The van der Waals surface area contributed by atoms with E-state index in [4.69, 9.17) is 21.4 Å². The minimum atomic E-state index is -1.11. The summed E-state index contributed by atoms with van der Waals surface area (Å²) in [5, 5.41) is 11.6. The van der Waals surface area contributed by atoms with Crippen molar-refractivity contribution < 1.29 is 23.8 Å². The summed E-state index contributed by atoms with van der Waals surface area (Å²) in [6, 6.07) is 3.08. The lowest BCUT2D eigenvalue weighted by Gasteiger charge is -2.21. The van der Waals surface area contributed by atoms with Crippen LogP contribution in [0.5, 0.6) is 0 Å². The molecule has 0 fully saturated rings. The van der Waals surface area contributed by atoms with Gasteiger partial charge in [0.05, 0.1) is 17.5 Å². The van der Waals surface area contributed by atoms with Gasteiger partial charge in [-0.15, -0.1) is 0 Å². The molecule has 0 bridgehead atoms. The van der Waals surface area contributed by atoms with Crippen LogP contribution in [0.25, 0.3) is 0 Å². The molecule has 0 aromatic heterocycles. The van der Waals surface area contributed by atoms with Crippen LogP contribution in [0.15, 0.2) is 18.2 Å². The van der Waals surface area contributed by atoms with E-state index < -0.39 is 29.8 Å². The Hall–Kier alpha value is -1.66.